The minimum absolute atomic E-state index is 0.0332. The summed E-state index contributed by atoms with van der Waals surface area (Å²) in [5, 5.41) is 9.62. The summed E-state index contributed by atoms with van der Waals surface area (Å²) in [6.45, 7) is 4.47. The highest BCUT2D eigenvalue weighted by atomic mass is 16.6. The topological polar surface area (TPSA) is 99.1 Å². The number of rotatable bonds is 37. The van der Waals surface area contributed by atoms with Crippen LogP contribution in [0.2, 0.25) is 0 Å². The number of likely N-dealkylation sites (N-methyl/N-ethyl adjacent to an activating group) is 1. The fraction of sp³-hybridized carbons (Fsp3) is 0.580. The third kappa shape index (κ3) is 37.6. The first kappa shape index (κ1) is 54.0. The lowest BCUT2D eigenvalue weighted by Crippen LogP contribution is -2.50. The highest BCUT2D eigenvalue weighted by molar-refractivity contribution is 5.72. The van der Waals surface area contributed by atoms with Crippen molar-refractivity contribution >= 4 is 17.9 Å². The third-order valence-electron chi connectivity index (χ3n) is 9.13. The number of carbonyl (C=O) groups is 3. The van der Waals surface area contributed by atoms with Gasteiger partial charge in [0.15, 0.2) is 12.1 Å². The molecule has 0 spiro atoms. The Morgan fingerprint density at radius 2 is 0.966 bits per heavy atom. The summed E-state index contributed by atoms with van der Waals surface area (Å²) in [5.74, 6) is -1.56. The molecule has 0 radical (unpaired) electrons. The zero-order valence-corrected chi connectivity index (χ0v) is 36.9. The molecule has 1 N–H and O–H groups in total. The third-order valence-corrected chi connectivity index (χ3v) is 9.13. The van der Waals surface area contributed by atoms with Crippen LogP contribution in [-0.2, 0) is 28.6 Å². The number of esters is 2. The van der Waals surface area contributed by atoms with Crippen molar-refractivity contribution in [1.82, 2.24) is 0 Å². The first-order chi connectivity index (χ1) is 28.1. The van der Waals surface area contributed by atoms with Gasteiger partial charge in [-0.1, -0.05) is 168 Å². The van der Waals surface area contributed by atoms with E-state index in [1.165, 1.54) is 32.1 Å². The largest absolute Gasteiger partial charge is 0.477 e. The minimum Gasteiger partial charge on any atom is -0.477 e. The van der Waals surface area contributed by atoms with Crippen molar-refractivity contribution in [2.45, 2.75) is 148 Å². The van der Waals surface area contributed by atoms with Crippen LogP contribution in [0.1, 0.15) is 136 Å². The van der Waals surface area contributed by atoms with E-state index in [1.54, 1.807) is 0 Å². The normalized spacial score (nSPS) is 14.0. The Hall–Kier alpha value is -4.01. The number of quaternary nitrogens is 1. The Morgan fingerprint density at radius 1 is 0.534 bits per heavy atom. The lowest BCUT2D eigenvalue weighted by molar-refractivity contribution is -0.887. The first-order valence-corrected chi connectivity index (χ1v) is 22.0. The summed E-state index contributed by atoms with van der Waals surface area (Å²) >= 11 is 0. The van der Waals surface area contributed by atoms with Crippen LogP contribution in [0.25, 0.3) is 0 Å². The van der Waals surface area contributed by atoms with Crippen molar-refractivity contribution in [3.8, 4) is 0 Å². The predicted molar refractivity (Wildman–Crippen MR) is 242 cm³/mol. The van der Waals surface area contributed by atoms with Gasteiger partial charge in [0.2, 0.25) is 0 Å². The van der Waals surface area contributed by atoms with Crippen molar-refractivity contribution in [3.05, 3.63) is 109 Å². The highest BCUT2D eigenvalue weighted by Crippen LogP contribution is 2.12. The van der Waals surface area contributed by atoms with Gasteiger partial charge >= 0.3 is 17.9 Å². The Labute approximate surface area is 353 Å². The van der Waals surface area contributed by atoms with Gasteiger partial charge in [0.25, 0.3) is 0 Å². The second-order valence-electron chi connectivity index (χ2n) is 15.4. The van der Waals surface area contributed by atoms with Gasteiger partial charge in [0.1, 0.15) is 6.61 Å². The molecule has 0 amide bonds. The van der Waals surface area contributed by atoms with E-state index in [4.69, 9.17) is 14.2 Å². The molecule has 326 valence electrons. The molecular weight excluding hydrogens is 727 g/mol. The SMILES string of the molecule is CC/C=C/C=C/C=C/C=C/C=C/C=C/C=C/CCCCCC(=O)OCC(COCCC(C(=O)O)[N+](C)(C)C)OC(=O)CCCCCCCC/C=C/C=C/CCCCC. The zero-order valence-electron chi connectivity index (χ0n) is 36.9. The first-order valence-electron chi connectivity index (χ1n) is 22.0. The molecule has 0 aliphatic heterocycles. The molecule has 0 heterocycles. The average Bonchev–Trinajstić information content (AvgIpc) is 3.18. The Balaban J connectivity index is 4.51. The van der Waals surface area contributed by atoms with Gasteiger partial charge in [-0.05, 0) is 57.8 Å². The van der Waals surface area contributed by atoms with Gasteiger partial charge < -0.3 is 23.8 Å². The summed E-state index contributed by atoms with van der Waals surface area (Å²) in [6.07, 6.45) is 54.1. The van der Waals surface area contributed by atoms with E-state index in [2.05, 4.69) is 50.3 Å². The number of allylic oxidation sites excluding steroid dienone is 18. The molecule has 0 aliphatic carbocycles. The zero-order chi connectivity index (χ0) is 42.8. The van der Waals surface area contributed by atoms with Crippen molar-refractivity contribution in [1.29, 1.82) is 0 Å². The van der Waals surface area contributed by atoms with E-state index in [9.17, 15) is 19.5 Å². The number of carboxylic acids is 1. The maximum Gasteiger partial charge on any atom is 0.362 e. The number of unbranched alkanes of at least 4 members (excludes halogenated alkanes) is 12. The van der Waals surface area contributed by atoms with Crippen LogP contribution in [0, 0.1) is 0 Å². The molecule has 0 rings (SSSR count). The maximum atomic E-state index is 12.7. The van der Waals surface area contributed by atoms with E-state index >= 15 is 0 Å². The fourth-order valence-electron chi connectivity index (χ4n) is 5.71. The fourth-order valence-corrected chi connectivity index (χ4v) is 5.71. The van der Waals surface area contributed by atoms with Gasteiger partial charge in [0.05, 0.1) is 34.4 Å². The Bertz CT molecular complexity index is 1310. The number of carboxylic acid groups (broad SMARTS) is 1. The molecule has 8 nitrogen and oxygen atoms in total. The number of hydrogen-bond donors (Lipinski definition) is 1. The van der Waals surface area contributed by atoms with Crippen LogP contribution in [-0.4, -0.2) is 80.6 Å². The minimum atomic E-state index is -0.890. The summed E-state index contributed by atoms with van der Waals surface area (Å²) in [7, 11) is 5.49. The van der Waals surface area contributed by atoms with Gasteiger partial charge in [-0.25, -0.2) is 4.79 Å². The van der Waals surface area contributed by atoms with Crippen molar-refractivity contribution in [3.63, 3.8) is 0 Å². The van der Waals surface area contributed by atoms with Gasteiger partial charge in [-0.3, -0.25) is 9.59 Å². The van der Waals surface area contributed by atoms with Gasteiger partial charge in [0, 0.05) is 19.3 Å². The lowest BCUT2D eigenvalue weighted by atomic mass is 10.1. The number of hydrogen-bond acceptors (Lipinski definition) is 6. The summed E-state index contributed by atoms with van der Waals surface area (Å²) in [6, 6.07) is -0.631. The van der Waals surface area contributed by atoms with Gasteiger partial charge in [-0.2, -0.15) is 0 Å². The van der Waals surface area contributed by atoms with E-state index < -0.39 is 18.1 Å². The molecule has 0 saturated heterocycles. The van der Waals surface area contributed by atoms with E-state index in [1.807, 2.05) is 94.1 Å². The molecule has 0 aromatic rings. The van der Waals surface area contributed by atoms with Gasteiger partial charge in [-0.15, -0.1) is 0 Å². The maximum absolute atomic E-state index is 12.7. The molecule has 58 heavy (non-hydrogen) atoms. The van der Waals surface area contributed by atoms with Crippen molar-refractivity contribution < 1.29 is 38.2 Å². The molecule has 0 saturated carbocycles. The number of carbonyl (C=O) groups excluding carboxylic acids is 2. The monoisotopic (exact) mass is 807 g/mol. The van der Waals surface area contributed by atoms with Crippen LogP contribution >= 0.6 is 0 Å². The standard InChI is InChI=1S/C50H79NO7/c1-6-8-10-12-14-16-18-20-22-23-24-25-27-28-30-32-34-36-38-40-48(52)57-45-46(44-56-43-42-47(50(54)55)51(3,4)5)58-49(53)41-39-37-35-33-31-29-26-21-19-17-15-13-11-9-7-2/h8,10,12,14-25,27-28,30,46-47H,6-7,9,11,13,26,29,31-45H2,1-5H3/p+1/b10-8+,14-12+,17-15+,18-16+,21-19+,22-20+,24-23+,27-25+,30-28+. The van der Waals surface area contributed by atoms with Crippen molar-refractivity contribution in [2.24, 2.45) is 0 Å². The van der Waals surface area contributed by atoms with E-state index in [0.29, 0.717) is 25.7 Å². The predicted octanol–water partition coefficient (Wildman–Crippen LogP) is 12.1. The van der Waals surface area contributed by atoms with Crippen LogP contribution < -0.4 is 0 Å². The van der Waals surface area contributed by atoms with Crippen LogP contribution in [0.5, 0.6) is 0 Å². The molecule has 2 atom stereocenters. The number of nitrogens with zero attached hydrogens (tertiary/aromatic N) is 1. The molecule has 2 unspecified atom stereocenters. The second-order valence-corrected chi connectivity index (χ2v) is 15.4. The summed E-state index contributed by atoms with van der Waals surface area (Å²) in [4.78, 5) is 37.0. The molecule has 0 aliphatic rings. The number of aliphatic carboxylic acids is 1. The quantitative estimate of drug-likeness (QED) is 0.0289. The smallest absolute Gasteiger partial charge is 0.362 e. The van der Waals surface area contributed by atoms with Crippen LogP contribution in [0.15, 0.2) is 109 Å². The van der Waals surface area contributed by atoms with Crippen LogP contribution in [0.3, 0.4) is 0 Å². The Kier molecular flexibility index (Phi) is 37.0. The second kappa shape index (κ2) is 39.8. The Morgan fingerprint density at radius 3 is 1.47 bits per heavy atom. The molecule has 0 aromatic carbocycles. The van der Waals surface area contributed by atoms with Crippen molar-refractivity contribution in [2.75, 3.05) is 41.0 Å². The summed E-state index contributed by atoms with van der Waals surface area (Å²) < 4.78 is 17.2. The van der Waals surface area contributed by atoms with E-state index in [0.717, 1.165) is 64.2 Å². The highest BCUT2D eigenvalue weighted by Gasteiger charge is 2.31. The molecule has 8 heteroatoms. The molecule has 0 aromatic heterocycles. The number of ether oxygens (including phenoxy) is 3. The molecule has 0 fully saturated rings. The molecular formula is C50H80NO7+. The molecule has 0 bridgehead atoms. The van der Waals surface area contributed by atoms with E-state index in [-0.39, 0.29) is 36.2 Å². The average molecular weight is 807 g/mol. The van der Waals surface area contributed by atoms with Crippen LogP contribution in [0.4, 0.5) is 0 Å². The summed E-state index contributed by atoms with van der Waals surface area (Å²) in [5.41, 5.74) is 0. The lowest BCUT2D eigenvalue weighted by Gasteiger charge is -2.31.